The maximum absolute atomic E-state index is 12.2. The van der Waals surface area contributed by atoms with Gasteiger partial charge in [0.1, 0.15) is 0 Å². The van der Waals surface area contributed by atoms with Crippen LogP contribution in [0.2, 0.25) is 0 Å². The van der Waals surface area contributed by atoms with E-state index in [0.29, 0.717) is 25.2 Å². The largest absolute Gasteiger partial charge is 0.478 e. The van der Waals surface area contributed by atoms with Crippen LogP contribution < -0.4 is 10.6 Å². The monoisotopic (exact) mass is 291 g/mol. The van der Waals surface area contributed by atoms with E-state index in [1.54, 1.807) is 25.1 Å². The fourth-order valence-electron chi connectivity index (χ4n) is 2.22. The number of nitrogens with one attached hydrogen (secondary N) is 2. The van der Waals surface area contributed by atoms with Gasteiger partial charge in [-0.05, 0) is 18.6 Å². The molecule has 0 unspecified atom stereocenters. The standard InChI is InChI=1S/C14H17N3O4/c1-9-3-2-4-10(12(9)13(19)20)16-14(21)17-7-5-11(18)15-6-8-17/h2-4H,5-8H2,1H3,(H,15,18)(H,16,21)(H,19,20). The van der Waals surface area contributed by atoms with Crippen LogP contribution in [0.25, 0.3) is 0 Å². The molecule has 1 fully saturated rings. The van der Waals surface area contributed by atoms with Crippen LogP contribution in [-0.2, 0) is 4.79 Å². The number of aryl methyl sites for hydroxylation is 1. The number of aromatic carboxylic acids is 1. The molecule has 1 aliphatic rings. The Morgan fingerprint density at radius 2 is 2.10 bits per heavy atom. The summed E-state index contributed by atoms with van der Waals surface area (Å²) in [4.78, 5) is 36.2. The highest BCUT2D eigenvalue weighted by Gasteiger charge is 2.21. The SMILES string of the molecule is Cc1cccc(NC(=O)N2CCNC(=O)CC2)c1C(=O)O. The second kappa shape index (κ2) is 6.25. The molecule has 0 bridgehead atoms. The lowest BCUT2D eigenvalue weighted by Crippen LogP contribution is -2.37. The molecule has 21 heavy (non-hydrogen) atoms. The first-order chi connectivity index (χ1) is 9.99. The minimum absolute atomic E-state index is 0.0786. The number of carboxylic acid groups (broad SMARTS) is 1. The van der Waals surface area contributed by atoms with Gasteiger partial charge in [0.15, 0.2) is 0 Å². The molecule has 0 radical (unpaired) electrons. The highest BCUT2D eigenvalue weighted by atomic mass is 16.4. The van der Waals surface area contributed by atoms with Gasteiger partial charge in [-0.25, -0.2) is 9.59 Å². The summed E-state index contributed by atoms with van der Waals surface area (Å²) in [7, 11) is 0. The van der Waals surface area contributed by atoms with E-state index in [1.165, 1.54) is 4.90 Å². The zero-order chi connectivity index (χ0) is 15.4. The van der Waals surface area contributed by atoms with Crippen molar-refractivity contribution in [2.24, 2.45) is 0 Å². The molecule has 2 rings (SSSR count). The molecule has 1 heterocycles. The number of amides is 3. The number of nitrogens with zero attached hydrogens (tertiary/aromatic N) is 1. The zero-order valence-corrected chi connectivity index (χ0v) is 11.7. The summed E-state index contributed by atoms with van der Waals surface area (Å²) < 4.78 is 0. The van der Waals surface area contributed by atoms with E-state index in [9.17, 15) is 19.5 Å². The quantitative estimate of drug-likeness (QED) is 0.758. The topological polar surface area (TPSA) is 98.7 Å². The fourth-order valence-corrected chi connectivity index (χ4v) is 2.22. The maximum Gasteiger partial charge on any atom is 0.338 e. The van der Waals surface area contributed by atoms with Gasteiger partial charge < -0.3 is 20.6 Å². The second-order valence-corrected chi connectivity index (χ2v) is 4.82. The number of benzene rings is 1. The van der Waals surface area contributed by atoms with Gasteiger partial charge in [0.05, 0.1) is 11.3 Å². The van der Waals surface area contributed by atoms with Gasteiger partial charge in [-0.3, -0.25) is 4.79 Å². The van der Waals surface area contributed by atoms with Crippen molar-refractivity contribution in [1.29, 1.82) is 0 Å². The van der Waals surface area contributed by atoms with Gasteiger partial charge in [-0.1, -0.05) is 12.1 Å². The van der Waals surface area contributed by atoms with Gasteiger partial charge in [0.2, 0.25) is 5.91 Å². The first-order valence-corrected chi connectivity index (χ1v) is 6.64. The molecule has 0 atom stereocenters. The third-order valence-corrected chi connectivity index (χ3v) is 3.33. The van der Waals surface area contributed by atoms with Gasteiger partial charge >= 0.3 is 12.0 Å². The smallest absolute Gasteiger partial charge is 0.338 e. The normalized spacial score (nSPS) is 15.1. The van der Waals surface area contributed by atoms with Gasteiger partial charge in [0, 0.05) is 26.1 Å². The molecular weight excluding hydrogens is 274 g/mol. The molecule has 1 aromatic carbocycles. The Hall–Kier alpha value is -2.57. The summed E-state index contributed by atoms with van der Waals surface area (Å²) in [5.74, 6) is -1.18. The summed E-state index contributed by atoms with van der Waals surface area (Å²) in [5.41, 5.74) is 0.916. The molecule has 0 saturated carbocycles. The van der Waals surface area contributed by atoms with Crippen LogP contribution >= 0.6 is 0 Å². The van der Waals surface area contributed by atoms with E-state index in [-0.39, 0.29) is 23.6 Å². The molecule has 0 spiro atoms. The average molecular weight is 291 g/mol. The Labute approximate surface area is 121 Å². The molecule has 0 aliphatic carbocycles. The molecule has 1 aliphatic heterocycles. The predicted octanol–water partition coefficient (Wildman–Crippen LogP) is 1.05. The lowest BCUT2D eigenvalue weighted by molar-refractivity contribution is -0.120. The molecular formula is C14H17N3O4. The van der Waals surface area contributed by atoms with Crippen LogP contribution in [0.3, 0.4) is 0 Å². The number of rotatable bonds is 2. The molecule has 7 nitrogen and oxygen atoms in total. The predicted molar refractivity (Wildman–Crippen MR) is 76.4 cm³/mol. The molecule has 3 amide bonds. The Morgan fingerprint density at radius 3 is 2.81 bits per heavy atom. The van der Waals surface area contributed by atoms with Crippen molar-refractivity contribution >= 4 is 23.6 Å². The number of anilines is 1. The Bertz CT molecular complexity index is 586. The Kier molecular flexibility index (Phi) is 4.42. The number of hydrogen-bond donors (Lipinski definition) is 3. The van der Waals surface area contributed by atoms with Crippen LogP contribution in [0.4, 0.5) is 10.5 Å². The molecule has 7 heteroatoms. The Balaban J connectivity index is 2.14. The molecule has 1 saturated heterocycles. The third-order valence-electron chi connectivity index (χ3n) is 3.33. The highest BCUT2D eigenvalue weighted by Crippen LogP contribution is 2.20. The number of carbonyl (C=O) groups excluding carboxylic acids is 2. The third kappa shape index (κ3) is 3.50. The van der Waals surface area contributed by atoms with Crippen molar-refractivity contribution in [2.75, 3.05) is 25.0 Å². The minimum Gasteiger partial charge on any atom is -0.478 e. The number of hydrogen-bond acceptors (Lipinski definition) is 3. The van der Waals surface area contributed by atoms with Crippen molar-refractivity contribution < 1.29 is 19.5 Å². The molecule has 1 aromatic rings. The summed E-state index contributed by atoms with van der Waals surface area (Å²) in [6, 6.07) is 4.51. The van der Waals surface area contributed by atoms with Crippen molar-refractivity contribution in [3.63, 3.8) is 0 Å². The van der Waals surface area contributed by atoms with Gasteiger partial charge in [-0.2, -0.15) is 0 Å². The molecule has 0 aromatic heterocycles. The summed E-state index contributed by atoms with van der Waals surface area (Å²) in [6.45, 7) is 2.77. The van der Waals surface area contributed by atoms with E-state index in [4.69, 9.17) is 0 Å². The summed E-state index contributed by atoms with van der Waals surface area (Å²) >= 11 is 0. The first kappa shape index (κ1) is 14.8. The van der Waals surface area contributed by atoms with Gasteiger partial charge in [-0.15, -0.1) is 0 Å². The van der Waals surface area contributed by atoms with Crippen LogP contribution in [0.5, 0.6) is 0 Å². The van der Waals surface area contributed by atoms with Crippen molar-refractivity contribution in [1.82, 2.24) is 10.2 Å². The number of carbonyl (C=O) groups is 3. The van der Waals surface area contributed by atoms with Crippen LogP contribution in [-0.4, -0.2) is 47.5 Å². The number of carboxylic acids is 1. The van der Waals surface area contributed by atoms with Crippen molar-refractivity contribution in [3.8, 4) is 0 Å². The molecule has 3 N–H and O–H groups in total. The van der Waals surface area contributed by atoms with Crippen LogP contribution in [0, 0.1) is 6.92 Å². The minimum atomic E-state index is -1.09. The van der Waals surface area contributed by atoms with Gasteiger partial charge in [0.25, 0.3) is 0 Å². The molecule has 112 valence electrons. The highest BCUT2D eigenvalue weighted by molar-refractivity contribution is 6.01. The first-order valence-electron chi connectivity index (χ1n) is 6.64. The Morgan fingerprint density at radius 1 is 1.33 bits per heavy atom. The summed E-state index contributed by atoms with van der Waals surface area (Å²) in [6.07, 6.45) is 0.243. The van der Waals surface area contributed by atoms with E-state index in [2.05, 4.69) is 10.6 Å². The summed E-state index contributed by atoms with van der Waals surface area (Å²) in [5, 5.41) is 14.5. The second-order valence-electron chi connectivity index (χ2n) is 4.82. The maximum atomic E-state index is 12.2. The van der Waals surface area contributed by atoms with Crippen LogP contribution in [0.1, 0.15) is 22.3 Å². The van der Waals surface area contributed by atoms with Crippen molar-refractivity contribution in [2.45, 2.75) is 13.3 Å². The van der Waals surface area contributed by atoms with E-state index >= 15 is 0 Å². The van der Waals surface area contributed by atoms with E-state index in [1.807, 2.05) is 0 Å². The van der Waals surface area contributed by atoms with E-state index in [0.717, 1.165) is 0 Å². The van der Waals surface area contributed by atoms with E-state index < -0.39 is 12.0 Å². The van der Waals surface area contributed by atoms with Crippen molar-refractivity contribution in [3.05, 3.63) is 29.3 Å². The number of urea groups is 1. The lowest BCUT2D eigenvalue weighted by atomic mass is 10.1. The lowest BCUT2D eigenvalue weighted by Gasteiger charge is -2.21. The average Bonchev–Trinajstić information content (AvgIpc) is 2.63. The zero-order valence-electron chi connectivity index (χ0n) is 11.7. The van der Waals surface area contributed by atoms with Crippen LogP contribution in [0.15, 0.2) is 18.2 Å². The fraction of sp³-hybridized carbons (Fsp3) is 0.357.